The van der Waals surface area contributed by atoms with Crippen LogP contribution in [0.2, 0.25) is 0 Å². The van der Waals surface area contributed by atoms with Gasteiger partial charge in [-0.3, -0.25) is 4.79 Å². The van der Waals surface area contributed by atoms with Crippen LogP contribution < -0.4 is 10.0 Å². The van der Waals surface area contributed by atoms with Crippen molar-refractivity contribution < 1.29 is 13.2 Å². The van der Waals surface area contributed by atoms with E-state index in [9.17, 15) is 13.2 Å². The molecule has 1 aromatic rings. The maximum atomic E-state index is 12.4. The number of hydrogen-bond acceptors (Lipinski definition) is 3. The molecule has 0 saturated heterocycles. The number of carbonyl (C=O) groups excluding carboxylic acids is 1. The van der Waals surface area contributed by atoms with Gasteiger partial charge < -0.3 is 5.32 Å². The Balaban J connectivity index is 2.78. The Labute approximate surface area is 139 Å². The van der Waals surface area contributed by atoms with Gasteiger partial charge in [0.15, 0.2) is 0 Å². The summed E-state index contributed by atoms with van der Waals surface area (Å²) in [4.78, 5) is 12.4. The first kappa shape index (κ1) is 19.6. The third kappa shape index (κ3) is 6.31. The highest BCUT2D eigenvalue weighted by atomic mass is 32.2. The molecule has 6 heteroatoms. The number of amides is 1. The summed E-state index contributed by atoms with van der Waals surface area (Å²) >= 11 is 0. The second kappa shape index (κ2) is 9.03. The summed E-state index contributed by atoms with van der Waals surface area (Å²) in [6.45, 7) is 8.21. The average Bonchev–Trinajstić information content (AvgIpc) is 2.49. The quantitative estimate of drug-likeness (QED) is 0.679. The van der Waals surface area contributed by atoms with Crippen molar-refractivity contribution in [3.8, 4) is 0 Å². The lowest BCUT2D eigenvalue weighted by Gasteiger charge is -2.21. The summed E-state index contributed by atoms with van der Waals surface area (Å²) in [6.07, 6.45) is 3.02. The molecule has 0 fully saturated rings. The van der Waals surface area contributed by atoms with Crippen molar-refractivity contribution in [2.45, 2.75) is 57.9 Å². The summed E-state index contributed by atoms with van der Waals surface area (Å²) in [5.41, 5.74) is 0.984. The summed E-state index contributed by atoms with van der Waals surface area (Å²) in [5, 5.41) is 2.82. The summed E-state index contributed by atoms with van der Waals surface area (Å²) in [5.74, 6) is -0.409. The van der Waals surface area contributed by atoms with Crippen LogP contribution in [-0.2, 0) is 14.8 Å². The number of unbranched alkanes of at least 4 members (excludes halogenated alkanes) is 2. The lowest BCUT2D eigenvalue weighted by atomic mass is 10.1. The molecule has 5 nitrogen and oxygen atoms in total. The van der Waals surface area contributed by atoms with Gasteiger partial charge in [0.25, 0.3) is 0 Å². The van der Waals surface area contributed by atoms with Crippen LogP contribution in [0.3, 0.4) is 0 Å². The van der Waals surface area contributed by atoms with Crippen LogP contribution in [0, 0.1) is 12.8 Å². The van der Waals surface area contributed by atoms with Gasteiger partial charge in [-0.05, 0) is 31.4 Å². The largest absolute Gasteiger partial charge is 0.355 e. The number of aryl methyl sites for hydroxylation is 1. The van der Waals surface area contributed by atoms with Crippen LogP contribution in [0.4, 0.5) is 0 Å². The Bertz CT molecular complexity index is 595. The highest BCUT2D eigenvalue weighted by Crippen LogP contribution is 2.13. The van der Waals surface area contributed by atoms with Gasteiger partial charge in [-0.2, -0.15) is 4.72 Å². The second-order valence-electron chi connectivity index (χ2n) is 6.15. The molecule has 0 saturated carbocycles. The fraction of sp³-hybridized carbons (Fsp3) is 0.588. The number of benzene rings is 1. The third-order valence-corrected chi connectivity index (χ3v) is 5.10. The third-order valence-electron chi connectivity index (χ3n) is 3.64. The Kier molecular flexibility index (Phi) is 7.72. The van der Waals surface area contributed by atoms with Gasteiger partial charge in [0.05, 0.1) is 4.90 Å². The van der Waals surface area contributed by atoms with Gasteiger partial charge in [0, 0.05) is 6.54 Å². The summed E-state index contributed by atoms with van der Waals surface area (Å²) < 4.78 is 27.4. The van der Waals surface area contributed by atoms with Gasteiger partial charge in [0.2, 0.25) is 15.9 Å². The molecule has 0 unspecified atom stereocenters. The number of carbonyl (C=O) groups is 1. The highest BCUT2D eigenvalue weighted by Gasteiger charge is 2.28. The monoisotopic (exact) mass is 340 g/mol. The maximum absolute atomic E-state index is 12.4. The van der Waals surface area contributed by atoms with Crippen molar-refractivity contribution in [1.29, 1.82) is 0 Å². The number of hydrogen-bond donors (Lipinski definition) is 2. The minimum atomic E-state index is -3.71. The highest BCUT2D eigenvalue weighted by molar-refractivity contribution is 7.89. The zero-order chi connectivity index (χ0) is 17.5. The minimum absolute atomic E-state index is 0.138. The molecule has 0 aliphatic rings. The van der Waals surface area contributed by atoms with Crippen molar-refractivity contribution in [2.75, 3.05) is 6.54 Å². The first-order chi connectivity index (χ1) is 10.8. The number of rotatable bonds is 9. The molecule has 0 radical (unpaired) electrons. The van der Waals surface area contributed by atoms with E-state index in [0.717, 1.165) is 24.8 Å². The molecule has 1 amide bonds. The first-order valence-electron chi connectivity index (χ1n) is 8.14. The van der Waals surface area contributed by atoms with E-state index < -0.39 is 16.1 Å². The lowest BCUT2D eigenvalue weighted by molar-refractivity contribution is -0.123. The van der Waals surface area contributed by atoms with E-state index in [2.05, 4.69) is 17.0 Å². The topological polar surface area (TPSA) is 75.3 Å². The van der Waals surface area contributed by atoms with E-state index in [-0.39, 0.29) is 16.7 Å². The molecule has 1 atom stereocenters. The fourth-order valence-corrected chi connectivity index (χ4v) is 3.49. The standard InChI is InChI=1S/C17H28N2O3S/c1-5-6-7-12-18-17(20)16(13(2)3)19-23(21,22)15-10-8-14(4)9-11-15/h8-11,13,16,19H,5-7,12H2,1-4H3,(H,18,20)/t16-/m0/s1. The molecule has 1 aromatic carbocycles. The second-order valence-corrected chi connectivity index (χ2v) is 7.87. The zero-order valence-corrected chi connectivity index (χ0v) is 15.2. The van der Waals surface area contributed by atoms with Crippen molar-refractivity contribution in [2.24, 2.45) is 5.92 Å². The molecule has 23 heavy (non-hydrogen) atoms. The van der Waals surface area contributed by atoms with Gasteiger partial charge in [-0.15, -0.1) is 0 Å². The van der Waals surface area contributed by atoms with Crippen molar-refractivity contribution in [1.82, 2.24) is 10.0 Å². The lowest BCUT2D eigenvalue weighted by Crippen LogP contribution is -2.49. The molecule has 130 valence electrons. The van der Waals surface area contributed by atoms with E-state index >= 15 is 0 Å². The molecule has 0 aliphatic heterocycles. The van der Waals surface area contributed by atoms with Crippen molar-refractivity contribution in [3.63, 3.8) is 0 Å². The maximum Gasteiger partial charge on any atom is 0.241 e. The normalized spacial score (nSPS) is 13.1. The molecule has 1 rings (SSSR count). The Morgan fingerprint density at radius 2 is 1.74 bits per heavy atom. The molecular weight excluding hydrogens is 312 g/mol. The van der Waals surface area contributed by atoms with Gasteiger partial charge in [-0.1, -0.05) is 51.3 Å². The predicted octanol–water partition coefficient (Wildman–Crippen LogP) is 2.60. The van der Waals surface area contributed by atoms with Crippen LogP contribution in [0.1, 0.15) is 45.6 Å². The molecule has 0 aliphatic carbocycles. The minimum Gasteiger partial charge on any atom is -0.355 e. The van der Waals surface area contributed by atoms with Gasteiger partial charge >= 0.3 is 0 Å². The molecule has 0 spiro atoms. The zero-order valence-electron chi connectivity index (χ0n) is 14.4. The number of sulfonamides is 1. The Hall–Kier alpha value is -1.40. The summed E-state index contributed by atoms with van der Waals surface area (Å²) in [7, 11) is -3.71. The fourth-order valence-electron chi connectivity index (χ4n) is 2.14. The molecular formula is C17H28N2O3S. The van der Waals surface area contributed by atoms with Crippen LogP contribution in [-0.4, -0.2) is 26.9 Å². The van der Waals surface area contributed by atoms with E-state index in [1.165, 1.54) is 0 Å². The van der Waals surface area contributed by atoms with E-state index in [1.54, 1.807) is 24.3 Å². The molecule has 0 bridgehead atoms. The van der Waals surface area contributed by atoms with E-state index in [0.29, 0.717) is 6.54 Å². The van der Waals surface area contributed by atoms with Crippen molar-refractivity contribution >= 4 is 15.9 Å². The van der Waals surface area contributed by atoms with Crippen LogP contribution in [0.25, 0.3) is 0 Å². The predicted molar refractivity (Wildman–Crippen MR) is 92.7 cm³/mol. The van der Waals surface area contributed by atoms with Crippen LogP contribution >= 0.6 is 0 Å². The smallest absolute Gasteiger partial charge is 0.241 e. The van der Waals surface area contributed by atoms with Crippen LogP contribution in [0.5, 0.6) is 0 Å². The molecule has 2 N–H and O–H groups in total. The first-order valence-corrected chi connectivity index (χ1v) is 9.63. The van der Waals surface area contributed by atoms with Crippen LogP contribution in [0.15, 0.2) is 29.2 Å². The average molecular weight is 340 g/mol. The number of nitrogens with one attached hydrogen (secondary N) is 2. The van der Waals surface area contributed by atoms with Gasteiger partial charge in [-0.25, -0.2) is 8.42 Å². The Morgan fingerprint density at radius 3 is 2.26 bits per heavy atom. The van der Waals surface area contributed by atoms with Crippen molar-refractivity contribution in [3.05, 3.63) is 29.8 Å². The van der Waals surface area contributed by atoms with E-state index in [1.807, 2.05) is 20.8 Å². The molecule has 0 aromatic heterocycles. The molecule has 0 heterocycles. The summed E-state index contributed by atoms with van der Waals surface area (Å²) in [6, 6.07) is 5.80. The van der Waals surface area contributed by atoms with E-state index in [4.69, 9.17) is 0 Å². The van der Waals surface area contributed by atoms with Gasteiger partial charge in [0.1, 0.15) is 6.04 Å². The Morgan fingerprint density at radius 1 is 1.13 bits per heavy atom. The SMILES string of the molecule is CCCCCNC(=O)[C@@H](NS(=O)(=O)c1ccc(C)cc1)C(C)C.